The van der Waals surface area contributed by atoms with Crippen molar-refractivity contribution < 1.29 is 18.1 Å². The fourth-order valence-corrected chi connectivity index (χ4v) is 3.46. The summed E-state index contributed by atoms with van der Waals surface area (Å²) in [5, 5.41) is 8.55. The number of aliphatic hydroxyl groups excluding tert-OH is 1. The first-order valence-corrected chi connectivity index (χ1v) is 9.52. The molecule has 2 unspecified atom stereocenters. The van der Waals surface area contributed by atoms with Gasteiger partial charge in [-0.3, -0.25) is 4.55 Å². The zero-order chi connectivity index (χ0) is 15.4. The van der Waals surface area contributed by atoms with Crippen LogP contribution >= 0.6 is 0 Å². The predicted molar refractivity (Wildman–Crippen MR) is 83.5 cm³/mol. The fraction of sp³-hybridized carbons (Fsp3) is 1.00. The van der Waals surface area contributed by atoms with Gasteiger partial charge in [0.2, 0.25) is 0 Å². The molecule has 0 aromatic rings. The monoisotopic (exact) mass is 308 g/mol. The minimum Gasteiger partial charge on any atom is -0.393 e. The molecule has 0 bridgehead atoms. The molecule has 0 spiro atoms. The highest BCUT2D eigenvalue weighted by molar-refractivity contribution is 7.86. The highest BCUT2D eigenvalue weighted by Crippen LogP contribution is 2.17. The Kier molecular flexibility index (Phi) is 11.4. The number of unbranched alkanes of at least 4 members (excludes halogenated alkanes) is 6. The second-order valence-corrected chi connectivity index (χ2v) is 7.52. The van der Waals surface area contributed by atoms with Crippen LogP contribution in [0.25, 0.3) is 0 Å². The summed E-state index contributed by atoms with van der Waals surface area (Å²) in [7, 11) is -3.86. The molecular weight excluding hydrogens is 276 g/mol. The Morgan fingerprint density at radius 3 is 1.70 bits per heavy atom. The van der Waals surface area contributed by atoms with E-state index in [0.717, 1.165) is 44.9 Å². The second kappa shape index (κ2) is 11.5. The minimum atomic E-state index is -3.86. The van der Waals surface area contributed by atoms with Crippen molar-refractivity contribution in [2.75, 3.05) is 0 Å². The average molecular weight is 308 g/mol. The molecule has 0 aliphatic heterocycles. The van der Waals surface area contributed by atoms with Gasteiger partial charge in [0.25, 0.3) is 10.1 Å². The fourth-order valence-electron chi connectivity index (χ4n) is 2.46. The Labute approximate surface area is 124 Å². The van der Waals surface area contributed by atoms with E-state index in [9.17, 15) is 8.42 Å². The van der Waals surface area contributed by atoms with Crippen molar-refractivity contribution in [3.8, 4) is 0 Å². The summed E-state index contributed by atoms with van der Waals surface area (Å²) in [4.78, 5) is 0. The molecule has 0 saturated heterocycles. The van der Waals surface area contributed by atoms with E-state index in [1.807, 2.05) is 13.8 Å². The Morgan fingerprint density at radius 2 is 1.30 bits per heavy atom. The summed E-state index contributed by atoms with van der Waals surface area (Å²) in [6.45, 7) is 3.76. The van der Waals surface area contributed by atoms with Crippen molar-refractivity contribution in [3.63, 3.8) is 0 Å². The van der Waals surface area contributed by atoms with Crippen LogP contribution in [0.4, 0.5) is 0 Å². The summed E-state index contributed by atoms with van der Waals surface area (Å²) >= 11 is 0. The van der Waals surface area contributed by atoms with Crippen molar-refractivity contribution in [1.82, 2.24) is 0 Å². The third kappa shape index (κ3) is 11.7. The molecule has 0 aromatic heterocycles. The van der Waals surface area contributed by atoms with Gasteiger partial charge in [0.1, 0.15) is 0 Å². The lowest BCUT2D eigenvalue weighted by Gasteiger charge is -2.12. The van der Waals surface area contributed by atoms with Gasteiger partial charge < -0.3 is 5.11 Å². The zero-order valence-corrected chi connectivity index (χ0v) is 13.9. The van der Waals surface area contributed by atoms with Gasteiger partial charge >= 0.3 is 0 Å². The molecule has 2 N–H and O–H groups in total. The quantitative estimate of drug-likeness (QED) is 0.399. The molecule has 122 valence electrons. The third-order valence-electron chi connectivity index (χ3n) is 3.68. The van der Waals surface area contributed by atoms with E-state index >= 15 is 0 Å². The van der Waals surface area contributed by atoms with Gasteiger partial charge in [0.05, 0.1) is 11.4 Å². The van der Waals surface area contributed by atoms with E-state index < -0.39 is 15.4 Å². The van der Waals surface area contributed by atoms with Gasteiger partial charge in [0, 0.05) is 0 Å². The Balaban J connectivity index is 3.51. The van der Waals surface area contributed by atoms with Crippen LogP contribution in [-0.2, 0) is 10.1 Å². The maximum Gasteiger partial charge on any atom is 0.267 e. The first kappa shape index (κ1) is 19.9. The predicted octanol–water partition coefficient (Wildman–Crippen LogP) is 3.93. The van der Waals surface area contributed by atoms with Gasteiger partial charge in [-0.2, -0.15) is 8.42 Å². The third-order valence-corrected chi connectivity index (χ3v) is 4.99. The lowest BCUT2D eigenvalue weighted by Crippen LogP contribution is -2.20. The maximum atomic E-state index is 11.1. The van der Waals surface area contributed by atoms with Gasteiger partial charge in [-0.1, -0.05) is 58.3 Å². The molecule has 0 aliphatic carbocycles. The van der Waals surface area contributed by atoms with E-state index in [-0.39, 0.29) is 6.10 Å². The normalized spacial score (nSPS) is 15.2. The maximum absolute atomic E-state index is 11.1. The van der Waals surface area contributed by atoms with E-state index in [1.54, 1.807) is 0 Å². The van der Waals surface area contributed by atoms with Gasteiger partial charge in [0.15, 0.2) is 0 Å². The molecule has 2 atom stereocenters. The highest BCUT2D eigenvalue weighted by Gasteiger charge is 2.20. The first-order valence-electron chi connectivity index (χ1n) is 8.02. The number of hydrogen-bond donors (Lipinski definition) is 2. The average Bonchev–Trinajstić information content (AvgIpc) is 2.33. The Bertz CT molecular complexity index is 312. The van der Waals surface area contributed by atoms with Crippen LogP contribution in [0.1, 0.15) is 84.5 Å². The molecule has 4 nitrogen and oxygen atoms in total. The van der Waals surface area contributed by atoms with E-state index in [2.05, 4.69) is 0 Å². The molecular formula is C15H32O4S. The van der Waals surface area contributed by atoms with Crippen LogP contribution in [0.5, 0.6) is 0 Å². The number of rotatable bonds is 13. The van der Waals surface area contributed by atoms with Crippen molar-refractivity contribution in [2.24, 2.45) is 0 Å². The summed E-state index contributed by atoms with van der Waals surface area (Å²) in [5.41, 5.74) is 0. The molecule has 0 amide bonds. The topological polar surface area (TPSA) is 74.6 Å². The van der Waals surface area contributed by atoms with Crippen molar-refractivity contribution in [1.29, 1.82) is 0 Å². The highest BCUT2D eigenvalue weighted by atomic mass is 32.2. The molecule has 0 fully saturated rings. The molecule has 0 saturated carbocycles. The first-order chi connectivity index (χ1) is 9.38. The van der Waals surface area contributed by atoms with Crippen molar-refractivity contribution in [2.45, 2.75) is 95.8 Å². The smallest absolute Gasteiger partial charge is 0.267 e. The summed E-state index contributed by atoms with van der Waals surface area (Å²) in [6, 6.07) is 0. The van der Waals surface area contributed by atoms with Crippen molar-refractivity contribution >= 4 is 10.1 Å². The molecule has 0 rings (SSSR count). The van der Waals surface area contributed by atoms with Crippen LogP contribution in [0.3, 0.4) is 0 Å². The Hall–Kier alpha value is -0.130. The number of aliphatic hydroxyl groups is 1. The second-order valence-electron chi connectivity index (χ2n) is 5.83. The van der Waals surface area contributed by atoms with E-state index in [1.165, 1.54) is 12.8 Å². The van der Waals surface area contributed by atoms with Gasteiger partial charge in [-0.25, -0.2) is 0 Å². The van der Waals surface area contributed by atoms with Crippen LogP contribution < -0.4 is 0 Å². The van der Waals surface area contributed by atoms with E-state index in [4.69, 9.17) is 9.66 Å². The largest absolute Gasteiger partial charge is 0.393 e. The standard InChI is InChI=1S/C15H32O4S/c1-3-11-15(20(17,18)19)13-10-8-6-4-5-7-9-12-14(2)16/h14-16H,3-13H2,1-2H3,(H,17,18,19). The van der Waals surface area contributed by atoms with Crippen molar-refractivity contribution in [3.05, 3.63) is 0 Å². The lowest BCUT2D eigenvalue weighted by molar-refractivity contribution is 0.180. The molecule has 5 heteroatoms. The van der Waals surface area contributed by atoms with Crippen LogP contribution in [0, 0.1) is 0 Å². The molecule has 20 heavy (non-hydrogen) atoms. The minimum absolute atomic E-state index is 0.189. The molecule has 0 heterocycles. The summed E-state index contributed by atoms with van der Waals surface area (Å²) in [6.07, 6.45) is 10.2. The molecule has 0 radical (unpaired) electrons. The van der Waals surface area contributed by atoms with Gasteiger partial charge in [-0.05, 0) is 26.2 Å². The summed E-state index contributed by atoms with van der Waals surface area (Å²) in [5.74, 6) is 0. The SMILES string of the molecule is CCCC(CCCCCCCCCC(C)O)S(=O)(=O)O. The van der Waals surface area contributed by atoms with E-state index in [0.29, 0.717) is 12.8 Å². The summed E-state index contributed by atoms with van der Waals surface area (Å²) < 4.78 is 31.4. The van der Waals surface area contributed by atoms with Crippen LogP contribution in [-0.4, -0.2) is 29.4 Å². The van der Waals surface area contributed by atoms with Gasteiger partial charge in [-0.15, -0.1) is 0 Å². The Morgan fingerprint density at radius 1 is 0.850 bits per heavy atom. The number of hydrogen-bond acceptors (Lipinski definition) is 3. The zero-order valence-electron chi connectivity index (χ0n) is 13.1. The van der Waals surface area contributed by atoms with Crippen LogP contribution in [0.15, 0.2) is 0 Å². The molecule has 0 aliphatic rings. The molecule has 0 aromatic carbocycles. The lowest BCUT2D eigenvalue weighted by atomic mass is 10.0. The van der Waals surface area contributed by atoms with Crippen LogP contribution in [0.2, 0.25) is 0 Å².